The Hall–Kier alpha value is -0.765. The van der Waals surface area contributed by atoms with E-state index in [1.165, 1.54) is 6.20 Å². The molecular weight excluding hydrogens is 125 g/mol. The van der Waals surface area contributed by atoms with Crippen LogP contribution in [0, 0.1) is 0 Å². The molecule has 0 spiro atoms. The van der Waals surface area contributed by atoms with Crippen molar-refractivity contribution in [1.29, 1.82) is 0 Å². The number of rotatable bonds is 3. The average molecular weight is 137 g/mol. The first-order valence-electron chi connectivity index (χ1n) is 3.09. The van der Waals surface area contributed by atoms with Gasteiger partial charge in [0.05, 0.1) is 7.85 Å². The maximum atomic E-state index is 5.53. The van der Waals surface area contributed by atoms with Gasteiger partial charge in [0.25, 0.3) is 0 Å². The van der Waals surface area contributed by atoms with E-state index in [4.69, 9.17) is 7.85 Å². The molecule has 0 aliphatic carbocycles. The van der Waals surface area contributed by atoms with Gasteiger partial charge in [-0.3, -0.25) is 0 Å². The van der Waals surface area contributed by atoms with E-state index in [1.54, 1.807) is 7.05 Å². The minimum absolute atomic E-state index is 0.106. The second-order valence-corrected chi connectivity index (χ2v) is 1.86. The first kappa shape index (κ1) is 9.23. The molecule has 0 rings (SSSR count). The Bertz CT molecular complexity index is 131. The predicted molar refractivity (Wildman–Crippen MR) is 45.0 cm³/mol. The molecule has 0 aromatic heterocycles. The highest BCUT2D eigenvalue weighted by atomic mass is 15.4. The smallest absolute Gasteiger partial charge is 0.110 e. The zero-order valence-corrected chi connectivity index (χ0v) is 6.39. The fourth-order valence-electron chi connectivity index (χ4n) is 0.490. The van der Waals surface area contributed by atoms with Gasteiger partial charge >= 0.3 is 0 Å². The van der Waals surface area contributed by atoms with Gasteiger partial charge < -0.3 is 5.43 Å². The van der Waals surface area contributed by atoms with E-state index < -0.39 is 0 Å². The second kappa shape index (κ2) is 5.05. The van der Waals surface area contributed by atoms with E-state index in [0.717, 1.165) is 0 Å². The molecule has 3 nitrogen and oxygen atoms in total. The molecule has 4 heteroatoms. The molecule has 2 N–H and O–H groups in total. The van der Waals surface area contributed by atoms with Crippen molar-refractivity contribution in [2.24, 2.45) is 4.99 Å². The molecule has 0 amide bonds. The molecule has 1 unspecified atom stereocenters. The SMILES string of the molecule is [B]C(C)C(=NC=C)NNC. The molecule has 0 bridgehead atoms. The number of nitrogens with zero attached hydrogens (tertiary/aromatic N) is 1. The van der Waals surface area contributed by atoms with Crippen LogP contribution in [0.15, 0.2) is 17.8 Å². The quantitative estimate of drug-likeness (QED) is 0.253. The Morgan fingerprint density at radius 1 is 1.80 bits per heavy atom. The normalized spacial score (nSPS) is 14.4. The van der Waals surface area contributed by atoms with E-state index in [9.17, 15) is 0 Å². The molecule has 1 atom stereocenters. The molecule has 0 saturated carbocycles. The number of hydrogen-bond acceptors (Lipinski definition) is 2. The first-order chi connectivity index (χ1) is 4.72. The molecule has 0 aromatic rings. The van der Waals surface area contributed by atoms with Gasteiger partial charge in [0.1, 0.15) is 5.84 Å². The number of aliphatic imine (C=N–C) groups is 1. The van der Waals surface area contributed by atoms with E-state index in [0.29, 0.717) is 5.84 Å². The van der Waals surface area contributed by atoms with Crippen LogP contribution in [0.4, 0.5) is 0 Å². The summed E-state index contributed by atoms with van der Waals surface area (Å²) in [6.07, 6.45) is 1.45. The summed E-state index contributed by atoms with van der Waals surface area (Å²) in [4.78, 5) is 3.90. The molecule has 0 aromatic carbocycles. The summed E-state index contributed by atoms with van der Waals surface area (Å²) in [7, 11) is 7.28. The standard InChI is InChI=1S/C6H12BN3/c1-4-9-6(5(2)7)10-8-3/h4-5,8H,1H2,2-3H3,(H,9,10). The summed E-state index contributed by atoms with van der Waals surface area (Å²) in [5, 5.41) is 0. The molecule has 0 aliphatic heterocycles. The fourth-order valence-corrected chi connectivity index (χ4v) is 0.490. The van der Waals surface area contributed by atoms with Crippen molar-refractivity contribution in [3.63, 3.8) is 0 Å². The molecule has 54 valence electrons. The minimum atomic E-state index is -0.106. The highest BCUT2D eigenvalue weighted by molar-refractivity contribution is 6.24. The summed E-state index contributed by atoms with van der Waals surface area (Å²) in [5.41, 5.74) is 5.51. The van der Waals surface area contributed by atoms with E-state index in [1.807, 2.05) is 6.92 Å². The number of nitrogens with one attached hydrogen (secondary N) is 2. The topological polar surface area (TPSA) is 36.4 Å². The third-order valence-electron chi connectivity index (χ3n) is 0.915. The van der Waals surface area contributed by atoms with E-state index >= 15 is 0 Å². The van der Waals surface area contributed by atoms with Crippen LogP contribution in [-0.4, -0.2) is 20.7 Å². The maximum Gasteiger partial charge on any atom is 0.110 e. The third kappa shape index (κ3) is 3.30. The zero-order chi connectivity index (χ0) is 7.98. The van der Waals surface area contributed by atoms with Crippen LogP contribution in [0.2, 0.25) is 5.82 Å². The highest BCUT2D eigenvalue weighted by Crippen LogP contribution is 1.96. The van der Waals surface area contributed by atoms with Crippen molar-refractivity contribution in [3.05, 3.63) is 12.8 Å². The van der Waals surface area contributed by atoms with Gasteiger partial charge in [0.2, 0.25) is 0 Å². The van der Waals surface area contributed by atoms with Crippen LogP contribution < -0.4 is 10.9 Å². The van der Waals surface area contributed by atoms with Crippen LogP contribution in [0.5, 0.6) is 0 Å². The molecular formula is C6H12BN3. The maximum absolute atomic E-state index is 5.53. The van der Waals surface area contributed by atoms with Gasteiger partial charge in [0.15, 0.2) is 0 Å². The van der Waals surface area contributed by atoms with E-state index in [2.05, 4.69) is 22.4 Å². The zero-order valence-electron chi connectivity index (χ0n) is 6.39. The van der Waals surface area contributed by atoms with Crippen molar-refractivity contribution in [1.82, 2.24) is 10.9 Å². The van der Waals surface area contributed by atoms with Gasteiger partial charge in [-0.05, 0) is 5.82 Å². The summed E-state index contributed by atoms with van der Waals surface area (Å²) >= 11 is 0. The number of amidine groups is 1. The Morgan fingerprint density at radius 3 is 2.70 bits per heavy atom. The molecule has 0 fully saturated rings. The molecule has 10 heavy (non-hydrogen) atoms. The Morgan fingerprint density at radius 2 is 2.40 bits per heavy atom. The predicted octanol–water partition coefficient (Wildman–Crippen LogP) is 0.229. The second-order valence-electron chi connectivity index (χ2n) is 1.86. The van der Waals surface area contributed by atoms with Crippen molar-refractivity contribution in [3.8, 4) is 0 Å². The molecule has 2 radical (unpaired) electrons. The van der Waals surface area contributed by atoms with Crippen molar-refractivity contribution in [2.45, 2.75) is 12.7 Å². The fraction of sp³-hybridized carbons (Fsp3) is 0.500. The van der Waals surface area contributed by atoms with Crippen molar-refractivity contribution >= 4 is 13.7 Å². The van der Waals surface area contributed by atoms with Gasteiger partial charge in [-0.2, -0.15) is 0 Å². The lowest BCUT2D eigenvalue weighted by molar-refractivity contribution is 0.754. The number of hydrazine groups is 1. The van der Waals surface area contributed by atoms with Gasteiger partial charge in [-0.1, -0.05) is 13.5 Å². The number of hydrogen-bond donors (Lipinski definition) is 2. The van der Waals surface area contributed by atoms with Crippen LogP contribution in [-0.2, 0) is 0 Å². The molecule has 0 aliphatic rings. The van der Waals surface area contributed by atoms with Crippen LogP contribution in [0.1, 0.15) is 6.92 Å². The Kier molecular flexibility index (Phi) is 4.67. The minimum Gasteiger partial charge on any atom is -0.310 e. The lowest BCUT2D eigenvalue weighted by atomic mass is 9.89. The summed E-state index contributed by atoms with van der Waals surface area (Å²) in [5.74, 6) is 0.572. The van der Waals surface area contributed by atoms with Crippen LogP contribution >= 0.6 is 0 Å². The Labute approximate surface area is 63.0 Å². The van der Waals surface area contributed by atoms with Crippen LogP contribution in [0.25, 0.3) is 0 Å². The van der Waals surface area contributed by atoms with E-state index in [-0.39, 0.29) is 5.82 Å². The largest absolute Gasteiger partial charge is 0.310 e. The molecule has 0 heterocycles. The van der Waals surface area contributed by atoms with Crippen LogP contribution in [0.3, 0.4) is 0 Å². The van der Waals surface area contributed by atoms with Gasteiger partial charge in [-0.15, -0.1) is 0 Å². The monoisotopic (exact) mass is 137 g/mol. The van der Waals surface area contributed by atoms with Crippen molar-refractivity contribution < 1.29 is 0 Å². The van der Waals surface area contributed by atoms with Crippen molar-refractivity contribution in [2.75, 3.05) is 7.05 Å². The third-order valence-corrected chi connectivity index (χ3v) is 0.915. The first-order valence-corrected chi connectivity index (χ1v) is 3.09. The average Bonchev–Trinajstić information content (AvgIpc) is 1.87. The Balaban J connectivity index is 3.97. The highest BCUT2D eigenvalue weighted by Gasteiger charge is 1.99. The molecule has 0 saturated heterocycles. The van der Waals surface area contributed by atoms with Gasteiger partial charge in [0, 0.05) is 13.2 Å². The van der Waals surface area contributed by atoms with Gasteiger partial charge in [-0.25, -0.2) is 10.4 Å². The lowest BCUT2D eigenvalue weighted by Crippen LogP contribution is -2.36. The summed E-state index contributed by atoms with van der Waals surface area (Å²) < 4.78 is 0. The summed E-state index contributed by atoms with van der Waals surface area (Å²) in [6, 6.07) is 0. The lowest BCUT2D eigenvalue weighted by Gasteiger charge is -2.10. The summed E-state index contributed by atoms with van der Waals surface area (Å²) in [6.45, 7) is 5.29.